The minimum absolute atomic E-state index is 0.0992. The average Bonchev–Trinajstić information content (AvgIpc) is 3.34. The van der Waals surface area contributed by atoms with Gasteiger partial charge in [0.05, 0.1) is 11.9 Å². The molecule has 0 aliphatic heterocycles. The summed E-state index contributed by atoms with van der Waals surface area (Å²) in [5.74, 6) is -0.0598. The summed E-state index contributed by atoms with van der Waals surface area (Å²) < 4.78 is 23.9. The second-order valence-corrected chi connectivity index (χ2v) is 7.00. The zero-order valence-corrected chi connectivity index (χ0v) is 15.7. The largest absolute Gasteiger partial charge is 0.451 e. The quantitative estimate of drug-likeness (QED) is 0.432. The maximum atomic E-state index is 13.0. The summed E-state index contributed by atoms with van der Waals surface area (Å²) in [5.41, 5.74) is 2.26. The van der Waals surface area contributed by atoms with Gasteiger partial charge in [-0.05, 0) is 31.2 Å². The van der Waals surface area contributed by atoms with Crippen molar-refractivity contribution in [3.63, 3.8) is 0 Å². The molecule has 0 unspecified atom stereocenters. The molecule has 4 rings (SSSR count). The van der Waals surface area contributed by atoms with E-state index in [1.807, 2.05) is 30.3 Å². The number of carbonyl (C=O) groups is 1. The van der Waals surface area contributed by atoms with E-state index in [0.717, 1.165) is 10.6 Å². The number of esters is 1. The lowest BCUT2D eigenvalue weighted by Gasteiger charge is -2.00. The van der Waals surface area contributed by atoms with Crippen molar-refractivity contribution in [2.75, 3.05) is 0 Å². The Bertz CT molecular complexity index is 1100. The molecule has 0 bridgehead atoms. The van der Waals surface area contributed by atoms with Crippen LogP contribution in [0.15, 0.2) is 65.2 Å². The van der Waals surface area contributed by atoms with Crippen molar-refractivity contribution in [3.05, 3.63) is 83.1 Å². The van der Waals surface area contributed by atoms with E-state index in [0.29, 0.717) is 21.9 Å². The van der Waals surface area contributed by atoms with Crippen molar-refractivity contribution >= 4 is 17.3 Å². The van der Waals surface area contributed by atoms with Gasteiger partial charge in [0.1, 0.15) is 15.7 Å². The topological polar surface area (TPSA) is 65.2 Å². The van der Waals surface area contributed by atoms with Crippen molar-refractivity contribution in [2.45, 2.75) is 13.5 Å². The molecule has 140 valence electrons. The van der Waals surface area contributed by atoms with E-state index in [4.69, 9.17) is 9.15 Å². The first kappa shape index (κ1) is 18.1. The SMILES string of the molecule is Cc1nc(-c2ccccc2)sc1C(=O)OCc1ncc(-c2ccc(F)cc2)o1. The highest BCUT2D eigenvalue weighted by molar-refractivity contribution is 7.17. The molecule has 7 heteroatoms. The second kappa shape index (κ2) is 7.74. The number of aryl methyl sites for hydroxylation is 1. The molecule has 0 N–H and O–H groups in total. The molecule has 2 heterocycles. The number of aromatic nitrogens is 2. The molecule has 28 heavy (non-hydrogen) atoms. The number of halogens is 1. The second-order valence-electron chi connectivity index (χ2n) is 6.00. The standard InChI is InChI=1S/C21H15FN2O3S/c1-13-19(28-20(24-13)15-5-3-2-4-6-15)21(25)26-12-18-23-11-17(27-18)14-7-9-16(22)10-8-14/h2-11H,12H2,1H3. The fourth-order valence-corrected chi connectivity index (χ4v) is 3.57. The molecule has 0 amide bonds. The monoisotopic (exact) mass is 394 g/mol. The fraction of sp³-hybridized carbons (Fsp3) is 0.0952. The predicted molar refractivity (Wildman–Crippen MR) is 103 cm³/mol. The number of benzene rings is 2. The Kier molecular flexibility index (Phi) is 4.99. The average molecular weight is 394 g/mol. The van der Waals surface area contributed by atoms with E-state index in [1.54, 1.807) is 19.1 Å². The molecule has 4 aromatic rings. The summed E-state index contributed by atoms with van der Waals surface area (Å²) in [6, 6.07) is 15.5. The highest BCUT2D eigenvalue weighted by Gasteiger charge is 2.18. The number of rotatable bonds is 5. The molecule has 5 nitrogen and oxygen atoms in total. The van der Waals surface area contributed by atoms with Crippen molar-refractivity contribution in [1.29, 1.82) is 0 Å². The van der Waals surface area contributed by atoms with Crippen LogP contribution in [0.2, 0.25) is 0 Å². The predicted octanol–water partition coefficient (Wildman–Crippen LogP) is 5.27. The molecule has 0 fully saturated rings. The third-order valence-corrected chi connectivity index (χ3v) is 5.20. The molecule has 0 atom stereocenters. The Morgan fingerprint density at radius 1 is 1.11 bits per heavy atom. The van der Waals surface area contributed by atoms with Gasteiger partial charge in [0.15, 0.2) is 12.4 Å². The number of hydrogen-bond acceptors (Lipinski definition) is 6. The van der Waals surface area contributed by atoms with Gasteiger partial charge in [0.2, 0.25) is 5.89 Å². The molecule has 0 aliphatic carbocycles. The molecule has 2 aromatic carbocycles. The Hall–Kier alpha value is -3.32. The van der Waals surface area contributed by atoms with E-state index in [-0.39, 0.29) is 18.3 Å². The van der Waals surface area contributed by atoms with Crippen LogP contribution < -0.4 is 0 Å². The number of carbonyl (C=O) groups excluding carboxylic acids is 1. The molecular weight excluding hydrogens is 379 g/mol. The van der Waals surface area contributed by atoms with Crippen LogP contribution in [0.1, 0.15) is 21.3 Å². The number of nitrogens with zero attached hydrogens (tertiary/aromatic N) is 2. The number of thiazole rings is 1. The van der Waals surface area contributed by atoms with Crippen LogP contribution in [0.3, 0.4) is 0 Å². The smallest absolute Gasteiger partial charge is 0.350 e. The molecular formula is C21H15FN2O3S. The van der Waals surface area contributed by atoms with Crippen molar-refractivity contribution in [1.82, 2.24) is 9.97 Å². The third kappa shape index (κ3) is 3.84. The van der Waals surface area contributed by atoms with E-state index < -0.39 is 5.97 Å². The van der Waals surface area contributed by atoms with Gasteiger partial charge in [-0.25, -0.2) is 19.2 Å². The van der Waals surface area contributed by atoms with Crippen molar-refractivity contribution in [2.24, 2.45) is 0 Å². The first-order valence-corrected chi connectivity index (χ1v) is 9.32. The van der Waals surface area contributed by atoms with Gasteiger partial charge in [-0.3, -0.25) is 0 Å². The molecule has 0 radical (unpaired) electrons. The van der Waals surface area contributed by atoms with E-state index in [2.05, 4.69) is 9.97 Å². The van der Waals surface area contributed by atoms with Crippen LogP contribution in [0.5, 0.6) is 0 Å². The van der Waals surface area contributed by atoms with Gasteiger partial charge in [-0.1, -0.05) is 30.3 Å². The van der Waals surface area contributed by atoms with Crippen LogP contribution in [-0.4, -0.2) is 15.9 Å². The summed E-state index contributed by atoms with van der Waals surface area (Å²) in [4.78, 5) is 21.4. The van der Waals surface area contributed by atoms with Crippen molar-refractivity contribution in [3.8, 4) is 21.9 Å². The van der Waals surface area contributed by atoms with Gasteiger partial charge in [0.25, 0.3) is 0 Å². The van der Waals surface area contributed by atoms with Crippen molar-refractivity contribution < 1.29 is 18.3 Å². The minimum atomic E-state index is -0.473. The first-order valence-electron chi connectivity index (χ1n) is 8.51. The Balaban J connectivity index is 1.44. The van der Waals surface area contributed by atoms with Gasteiger partial charge < -0.3 is 9.15 Å². The van der Waals surface area contributed by atoms with E-state index in [9.17, 15) is 9.18 Å². The Labute approximate surface area is 164 Å². The third-order valence-electron chi connectivity index (χ3n) is 4.01. The number of ether oxygens (including phenoxy) is 1. The fourth-order valence-electron chi connectivity index (χ4n) is 2.61. The van der Waals surface area contributed by atoms with Gasteiger partial charge in [-0.15, -0.1) is 11.3 Å². The van der Waals surface area contributed by atoms with Gasteiger partial charge in [-0.2, -0.15) is 0 Å². The highest BCUT2D eigenvalue weighted by atomic mass is 32.1. The van der Waals surface area contributed by atoms with Crippen LogP contribution >= 0.6 is 11.3 Å². The van der Waals surface area contributed by atoms with Crippen LogP contribution in [0.25, 0.3) is 21.9 Å². The maximum Gasteiger partial charge on any atom is 0.350 e. The Morgan fingerprint density at radius 2 is 1.86 bits per heavy atom. The molecule has 0 aliphatic rings. The molecule has 0 saturated heterocycles. The van der Waals surface area contributed by atoms with Gasteiger partial charge >= 0.3 is 5.97 Å². The molecule has 2 aromatic heterocycles. The molecule has 0 spiro atoms. The first-order chi connectivity index (χ1) is 13.6. The summed E-state index contributed by atoms with van der Waals surface area (Å²) in [6.45, 7) is 1.68. The lowest BCUT2D eigenvalue weighted by molar-refractivity contribution is 0.0443. The normalized spacial score (nSPS) is 10.8. The van der Waals surface area contributed by atoms with Gasteiger partial charge in [0, 0.05) is 11.1 Å². The number of hydrogen-bond donors (Lipinski definition) is 0. The summed E-state index contributed by atoms with van der Waals surface area (Å²) in [5, 5.41) is 0.764. The van der Waals surface area contributed by atoms with E-state index in [1.165, 1.54) is 29.7 Å². The van der Waals surface area contributed by atoms with Crippen LogP contribution in [0, 0.1) is 12.7 Å². The van der Waals surface area contributed by atoms with Crippen LogP contribution in [-0.2, 0) is 11.3 Å². The maximum absolute atomic E-state index is 13.0. The minimum Gasteiger partial charge on any atom is -0.451 e. The van der Waals surface area contributed by atoms with Crippen LogP contribution in [0.4, 0.5) is 4.39 Å². The highest BCUT2D eigenvalue weighted by Crippen LogP contribution is 2.28. The summed E-state index contributed by atoms with van der Waals surface area (Å²) in [7, 11) is 0. The number of oxazole rings is 1. The summed E-state index contributed by atoms with van der Waals surface area (Å²) in [6.07, 6.45) is 1.52. The Morgan fingerprint density at radius 3 is 2.61 bits per heavy atom. The summed E-state index contributed by atoms with van der Waals surface area (Å²) >= 11 is 1.29. The zero-order chi connectivity index (χ0) is 19.5. The lowest BCUT2D eigenvalue weighted by atomic mass is 10.2. The van der Waals surface area contributed by atoms with E-state index >= 15 is 0 Å². The molecule has 0 saturated carbocycles. The zero-order valence-electron chi connectivity index (χ0n) is 14.9. The lowest BCUT2D eigenvalue weighted by Crippen LogP contribution is -2.05.